The molecule has 0 bridgehead atoms. The third-order valence-electron chi connectivity index (χ3n) is 4.77. The lowest BCUT2D eigenvalue weighted by Gasteiger charge is -2.24. The molecule has 1 saturated heterocycles. The van der Waals surface area contributed by atoms with E-state index in [1.54, 1.807) is 0 Å². The highest BCUT2D eigenvalue weighted by Gasteiger charge is 2.28. The monoisotopic (exact) mass is 374 g/mol. The predicted molar refractivity (Wildman–Crippen MR) is 104 cm³/mol. The number of thiazole rings is 1. The first-order chi connectivity index (χ1) is 12.7. The fourth-order valence-electron chi connectivity index (χ4n) is 3.23. The minimum atomic E-state index is -0.503. The molecule has 1 aliphatic heterocycles. The largest absolute Gasteiger partial charge is 0.381 e. The number of Topliss-reactive ketones (excluding diaryl/α,β-unsaturated/α-hetero) is 1. The molecule has 3 rings (SSSR count). The number of nitrogens with zero attached hydrogens (tertiary/aromatic N) is 1. The molecule has 140 valence electrons. The average molecular weight is 375 g/mol. The Bertz CT molecular complexity index is 719. The Morgan fingerprint density at radius 2 is 2.19 bits per heavy atom. The van der Waals surface area contributed by atoms with Gasteiger partial charge < -0.3 is 10.1 Å². The number of ether oxygens (including phenoxy) is 1. The summed E-state index contributed by atoms with van der Waals surface area (Å²) in [7, 11) is 0. The van der Waals surface area contributed by atoms with Crippen LogP contribution in [0.4, 0.5) is 0 Å². The van der Waals surface area contributed by atoms with Crippen molar-refractivity contribution in [3.05, 3.63) is 29.3 Å². The lowest BCUT2D eigenvalue weighted by molar-refractivity contribution is -0.129. The summed E-state index contributed by atoms with van der Waals surface area (Å²) in [5, 5.41) is 3.47. The Hall–Kier alpha value is -1.79. The fourth-order valence-corrected chi connectivity index (χ4v) is 4.19. The number of para-hydroxylation sites is 1. The Morgan fingerprint density at radius 3 is 2.92 bits per heavy atom. The zero-order valence-corrected chi connectivity index (χ0v) is 16.0. The first-order valence-corrected chi connectivity index (χ1v) is 10.3. The number of carbonyl (C=O) groups is 2. The summed E-state index contributed by atoms with van der Waals surface area (Å²) in [5.41, 5.74) is 0.833. The van der Waals surface area contributed by atoms with Gasteiger partial charge in [-0.15, -0.1) is 11.3 Å². The van der Waals surface area contributed by atoms with Gasteiger partial charge in [-0.2, -0.15) is 0 Å². The van der Waals surface area contributed by atoms with E-state index in [2.05, 4.69) is 17.2 Å². The fraction of sp³-hybridized carbons (Fsp3) is 0.550. The number of ketones is 1. The second kappa shape index (κ2) is 9.24. The van der Waals surface area contributed by atoms with Crippen LogP contribution >= 0.6 is 11.3 Å². The van der Waals surface area contributed by atoms with E-state index < -0.39 is 6.04 Å². The normalized spacial score (nSPS) is 18.6. The van der Waals surface area contributed by atoms with E-state index >= 15 is 0 Å². The van der Waals surface area contributed by atoms with Crippen molar-refractivity contribution in [2.24, 2.45) is 5.92 Å². The molecule has 1 aromatic heterocycles. The second-order valence-electron chi connectivity index (χ2n) is 6.82. The van der Waals surface area contributed by atoms with Crippen LogP contribution in [0.15, 0.2) is 24.3 Å². The molecule has 6 heteroatoms. The van der Waals surface area contributed by atoms with Crippen molar-refractivity contribution in [2.75, 3.05) is 13.2 Å². The summed E-state index contributed by atoms with van der Waals surface area (Å²) in [6, 6.07) is 7.23. The number of carbonyl (C=O) groups excluding carboxylic acids is 2. The summed E-state index contributed by atoms with van der Waals surface area (Å²) in [6.07, 6.45) is 5.41. The molecular formula is C20H26N2O3S. The van der Waals surface area contributed by atoms with Crippen LogP contribution in [0.3, 0.4) is 0 Å². The molecule has 0 spiro atoms. The van der Waals surface area contributed by atoms with Gasteiger partial charge in [0.15, 0.2) is 5.01 Å². The van der Waals surface area contributed by atoms with Gasteiger partial charge in [-0.1, -0.05) is 38.3 Å². The Morgan fingerprint density at radius 1 is 1.35 bits per heavy atom. The van der Waals surface area contributed by atoms with Crippen molar-refractivity contribution in [1.82, 2.24) is 10.3 Å². The van der Waals surface area contributed by atoms with Gasteiger partial charge in [-0.05, 0) is 31.4 Å². The maximum atomic E-state index is 13.0. The van der Waals surface area contributed by atoms with Gasteiger partial charge in [0.05, 0.1) is 28.8 Å². The van der Waals surface area contributed by atoms with Crippen molar-refractivity contribution in [3.8, 4) is 0 Å². The van der Waals surface area contributed by atoms with Gasteiger partial charge in [0, 0.05) is 6.61 Å². The number of unbranched alkanes of at least 4 members (excludes halogenated alkanes) is 2. The van der Waals surface area contributed by atoms with Crippen LogP contribution in [0, 0.1) is 5.92 Å². The molecule has 2 aromatic rings. The highest BCUT2D eigenvalue weighted by molar-refractivity contribution is 7.20. The van der Waals surface area contributed by atoms with Crippen LogP contribution in [-0.4, -0.2) is 35.9 Å². The number of hydrogen-bond donors (Lipinski definition) is 1. The van der Waals surface area contributed by atoms with Crippen LogP contribution < -0.4 is 5.32 Å². The van der Waals surface area contributed by atoms with Gasteiger partial charge in [-0.3, -0.25) is 9.59 Å². The zero-order chi connectivity index (χ0) is 18.4. The molecule has 0 radical (unpaired) electrons. The molecular weight excluding hydrogens is 348 g/mol. The van der Waals surface area contributed by atoms with Gasteiger partial charge in [0.2, 0.25) is 11.7 Å². The average Bonchev–Trinajstić information content (AvgIpc) is 3.11. The molecule has 0 aliphatic carbocycles. The number of amides is 1. The molecule has 2 atom stereocenters. The summed E-state index contributed by atoms with van der Waals surface area (Å²) >= 11 is 1.40. The number of rotatable bonds is 8. The Labute approximate surface area is 158 Å². The maximum Gasteiger partial charge on any atom is 0.226 e. The van der Waals surface area contributed by atoms with E-state index in [9.17, 15) is 9.59 Å². The molecule has 2 unspecified atom stereocenters. The third-order valence-corrected chi connectivity index (χ3v) is 5.82. The molecule has 1 amide bonds. The summed E-state index contributed by atoms with van der Waals surface area (Å²) in [5.74, 6) is -0.298. The van der Waals surface area contributed by atoms with Crippen molar-refractivity contribution in [3.63, 3.8) is 0 Å². The van der Waals surface area contributed by atoms with Crippen molar-refractivity contribution < 1.29 is 14.3 Å². The predicted octanol–water partition coefficient (Wildman–Crippen LogP) is 3.97. The zero-order valence-electron chi connectivity index (χ0n) is 15.2. The van der Waals surface area contributed by atoms with Crippen LogP contribution in [0.1, 0.15) is 55.3 Å². The molecule has 1 N–H and O–H groups in total. The molecule has 2 heterocycles. The summed E-state index contributed by atoms with van der Waals surface area (Å²) in [6.45, 7) is 3.29. The van der Waals surface area contributed by atoms with E-state index in [4.69, 9.17) is 4.74 Å². The van der Waals surface area contributed by atoms with Gasteiger partial charge >= 0.3 is 0 Å². The number of aromatic nitrogens is 1. The number of fused-ring (bicyclic) bond motifs is 1. The number of benzene rings is 1. The quantitative estimate of drug-likeness (QED) is 0.561. The second-order valence-corrected chi connectivity index (χ2v) is 7.85. The van der Waals surface area contributed by atoms with Crippen LogP contribution in [-0.2, 0) is 9.53 Å². The van der Waals surface area contributed by atoms with E-state index in [1.165, 1.54) is 11.3 Å². The summed E-state index contributed by atoms with van der Waals surface area (Å²) in [4.78, 5) is 30.1. The van der Waals surface area contributed by atoms with E-state index in [1.807, 2.05) is 24.3 Å². The third kappa shape index (κ3) is 4.68. The SMILES string of the molecule is CCCCCC(NC(=O)C1CCCOC1)C(=O)c1nc2ccccc2s1. The van der Waals surface area contributed by atoms with E-state index in [0.29, 0.717) is 24.6 Å². The maximum absolute atomic E-state index is 13.0. The van der Waals surface area contributed by atoms with Crippen molar-refractivity contribution >= 4 is 33.2 Å². The molecule has 1 fully saturated rings. The van der Waals surface area contributed by atoms with Gasteiger partial charge in [0.1, 0.15) is 0 Å². The Kier molecular flexibility index (Phi) is 6.74. The molecule has 0 saturated carbocycles. The molecule has 1 aromatic carbocycles. The van der Waals surface area contributed by atoms with E-state index in [0.717, 1.165) is 42.3 Å². The van der Waals surface area contributed by atoms with Crippen LogP contribution in [0.5, 0.6) is 0 Å². The van der Waals surface area contributed by atoms with Crippen molar-refractivity contribution in [1.29, 1.82) is 0 Å². The lowest BCUT2D eigenvalue weighted by Crippen LogP contribution is -2.45. The highest BCUT2D eigenvalue weighted by Crippen LogP contribution is 2.24. The lowest BCUT2D eigenvalue weighted by atomic mass is 9.99. The molecule has 1 aliphatic rings. The smallest absolute Gasteiger partial charge is 0.226 e. The summed E-state index contributed by atoms with van der Waals surface area (Å²) < 4.78 is 6.41. The minimum absolute atomic E-state index is 0.0688. The standard InChI is InChI=1S/C20H26N2O3S/c1-2-3-4-10-16(21-19(24)14-8-7-12-25-13-14)18(23)20-22-15-9-5-6-11-17(15)26-20/h5-6,9,11,14,16H,2-4,7-8,10,12-13H2,1H3,(H,21,24). The first-order valence-electron chi connectivity index (χ1n) is 9.47. The first kappa shape index (κ1) is 19.0. The number of nitrogens with one attached hydrogen (secondary N) is 1. The van der Waals surface area contributed by atoms with Crippen LogP contribution in [0.25, 0.3) is 10.2 Å². The van der Waals surface area contributed by atoms with Crippen LogP contribution in [0.2, 0.25) is 0 Å². The topological polar surface area (TPSA) is 68.3 Å². The van der Waals surface area contributed by atoms with Crippen molar-refractivity contribution in [2.45, 2.75) is 51.5 Å². The highest BCUT2D eigenvalue weighted by atomic mass is 32.1. The number of hydrogen-bond acceptors (Lipinski definition) is 5. The minimum Gasteiger partial charge on any atom is -0.381 e. The van der Waals surface area contributed by atoms with Gasteiger partial charge in [0.25, 0.3) is 0 Å². The molecule has 5 nitrogen and oxygen atoms in total. The van der Waals surface area contributed by atoms with E-state index in [-0.39, 0.29) is 17.6 Å². The molecule has 26 heavy (non-hydrogen) atoms. The van der Waals surface area contributed by atoms with Gasteiger partial charge in [-0.25, -0.2) is 4.98 Å². The Balaban J connectivity index is 1.73.